The Bertz CT molecular complexity index is 938. The minimum absolute atomic E-state index is 0.162. The molecule has 0 amide bonds. The zero-order valence-electron chi connectivity index (χ0n) is 14.5. The molecule has 2 rings (SSSR count). The highest BCUT2D eigenvalue weighted by Gasteiger charge is 2.28. The predicted molar refractivity (Wildman–Crippen MR) is 95.6 cm³/mol. The first-order chi connectivity index (χ1) is 12.2. The molecule has 26 heavy (non-hydrogen) atoms. The fourth-order valence-corrected chi connectivity index (χ4v) is 3.65. The Kier molecular flexibility index (Phi) is 5.61. The first kappa shape index (κ1) is 19.4. The predicted octanol–water partition coefficient (Wildman–Crippen LogP) is 2.58. The molecule has 0 aromatic heterocycles. The average molecular weight is 378 g/mol. The number of carbonyl (C=O) groups excluding carboxylic acids is 1. The number of esters is 1. The van der Waals surface area contributed by atoms with Crippen molar-refractivity contribution in [3.05, 3.63) is 63.7 Å². The van der Waals surface area contributed by atoms with Crippen molar-refractivity contribution in [1.82, 2.24) is 0 Å². The molecule has 0 spiro atoms. The van der Waals surface area contributed by atoms with Gasteiger partial charge in [0.2, 0.25) is 0 Å². The molecule has 0 radical (unpaired) electrons. The Hall–Kier alpha value is -2.94. The van der Waals surface area contributed by atoms with E-state index >= 15 is 0 Å². The SMILES string of the molecule is COC(=O)CN(c1ccc(C)c(C)c1)S(=O)(=O)c1ccc([N+](=O)[O-])cc1. The van der Waals surface area contributed by atoms with Crippen LogP contribution >= 0.6 is 0 Å². The van der Waals surface area contributed by atoms with Gasteiger partial charge in [0.1, 0.15) is 6.54 Å². The quantitative estimate of drug-likeness (QED) is 0.434. The van der Waals surface area contributed by atoms with Crippen LogP contribution in [-0.4, -0.2) is 33.0 Å². The van der Waals surface area contributed by atoms with Crippen LogP contribution in [0.5, 0.6) is 0 Å². The van der Waals surface area contributed by atoms with Crippen LogP contribution in [0.15, 0.2) is 47.4 Å². The maximum atomic E-state index is 13.0. The zero-order chi connectivity index (χ0) is 19.5. The Balaban J connectivity index is 2.53. The number of methoxy groups -OCH3 is 1. The van der Waals surface area contributed by atoms with Crippen LogP contribution in [0.25, 0.3) is 0 Å². The summed E-state index contributed by atoms with van der Waals surface area (Å²) in [4.78, 5) is 21.7. The van der Waals surface area contributed by atoms with Gasteiger partial charge in [-0.3, -0.25) is 19.2 Å². The van der Waals surface area contributed by atoms with Gasteiger partial charge in [0.15, 0.2) is 0 Å². The number of anilines is 1. The van der Waals surface area contributed by atoms with Crippen molar-refractivity contribution in [2.24, 2.45) is 0 Å². The van der Waals surface area contributed by atoms with Crippen LogP contribution < -0.4 is 4.31 Å². The molecule has 0 fully saturated rings. The number of aryl methyl sites for hydroxylation is 2. The molecule has 0 unspecified atom stereocenters. The third kappa shape index (κ3) is 3.99. The van der Waals surface area contributed by atoms with Crippen LogP contribution in [0.1, 0.15) is 11.1 Å². The molecule has 0 saturated carbocycles. The van der Waals surface area contributed by atoms with Crippen molar-refractivity contribution in [2.75, 3.05) is 18.0 Å². The van der Waals surface area contributed by atoms with Gasteiger partial charge in [-0.2, -0.15) is 0 Å². The highest BCUT2D eigenvalue weighted by molar-refractivity contribution is 7.92. The third-order valence-electron chi connectivity index (χ3n) is 3.91. The van der Waals surface area contributed by atoms with Crippen molar-refractivity contribution in [2.45, 2.75) is 18.7 Å². The first-order valence-corrected chi connectivity index (χ1v) is 9.02. The molecule has 0 aliphatic rings. The summed E-state index contributed by atoms with van der Waals surface area (Å²) in [5, 5.41) is 10.8. The largest absolute Gasteiger partial charge is 0.468 e. The molecule has 2 aromatic carbocycles. The second-order valence-electron chi connectivity index (χ2n) is 5.61. The number of carbonyl (C=O) groups is 1. The van der Waals surface area contributed by atoms with Gasteiger partial charge in [-0.25, -0.2) is 8.42 Å². The number of nitro groups is 1. The number of rotatable bonds is 6. The summed E-state index contributed by atoms with van der Waals surface area (Å²) in [7, 11) is -2.96. The normalized spacial score (nSPS) is 11.0. The smallest absolute Gasteiger partial charge is 0.326 e. The Morgan fingerprint density at radius 2 is 1.73 bits per heavy atom. The topological polar surface area (TPSA) is 107 Å². The summed E-state index contributed by atoms with van der Waals surface area (Å²) >= 11 is 0. The molecule has 2 aromatic rings. The van der Waals surface area contributed by atoms with E-state index in [2.05, 4.69) is 4.74 Å². The molecule has 0 heterocycles. The van der Waals surface area contributed by atoms with E-state index in [0.717, 1.165) is 39.7 Å². The van der Waals surface area contributed by atoms with Crippen molar-refractivity contribution in [3.8, 4) is 0 Å². The molecule has 0 saturated heterocycles. The summed E-state index contributed by atoms with van der Waals surface area (Å²) in [6.07, 6.45) is 0. The van der Waals surface area contributed by atoms with Gasteiger partial charge in [-0.1, -0.05) is 6.07 Å². The van der Waals surface area contributed by atoms with Crippen molar-refractivity contribution < 1.29 is 22.9 Å². The maximum absolute atomic E-state index is 13.0. The fraction of sp³-hybridized carbons (Fsp3) is 0.235. The highest BCUT2D eigenvalue weighted by atomic mass is 32.2. The molecule has 0 atom stereocenters. The number of ether oxygens (including phenoxy) is 1. The summed E-state index contributed by atoms with van der Waals surface area (Å²) in [6.45, 7) is 3.20. The fourth-order valence-electron chi connectivity index (χ4n) is 2.24. The van der Waals surface area contributed by atoms with Crippen molar-refractivity contribution in [3.63, 3.8) is 0 Å². The number of hydrogen-bond donors (Lipinski definition) is 0. The average Bonchev–Trinajstić information content (AvgIpc) is 2.61. The summed E-state index contributed by atoms with van der Waals surface area (Å²) in [5.74, 6) is -0.728. The Morgan fingerprint density at radius 1 is 1.12 bits per heavy atom. The van der Waals surface area contributed by atoms with Gasteiger partial charge in [-0.15, -0.1) is 0 Å². The monoisotopic (exact) mass is 378 g/mol. The van der Waals surface area contributed by atoms with E-state index in [1.165, 1.54) is 7.11 Å². The molecule has 138 valence electrons. The van der Waals surface area contributed by atoms with Crippen LogP contribution in [0, 0.1) is 24.0 Å². The van der Waals surface area contributed by atoms with E-state index in [4.69, 9.17) is 0 Å². The third-order valence-corrected chi connectivity index (χ3v) is 5.70. The lowest BCUT2D eigenvalue weighted by molar-refractivity contribution is -0.384. The zero-order valence-corrected chi connectivity index (χ0v) is 15.3. The second-order valence-corrected chi connectivity index (χ2v) is 7.47. The number of sulfonamides is 1. The van der Waals surface area contributed by atoms with E-state index < -0.39 is 27.5 Å². The molecule has 0 N–H and O–H groups in total. The molecular formula is C17H18N2O6S. The lowest BCUT2D eigenvalue weighted by atomic mass is 10.1. The molecule has 0 aliphatic carbocycles. The molecule has 9 heteroatoms. The van der Waals surface area contributed by atoms with Gasteiger partial charge in [0.25, 0.3) is 15.7 Å². The summed E-state index contributed by atoms with van der Waals surface area (Å²) in [5.41, 5.74) is 1.90. The maximum Gasteiger partial charge on any atom is 0.326 e. The van der Waals surface area contributed by atoms with E-state index in [0.29, 0.717) is 5.69 Å². The Labute approximate surface area is 151 Å². The molecular weight excluding hydrogens is 360 g/mol. The molecule has 0 aliphatic heterocycles. The van der Waals surface area contributed by atoms with Gasteiger partial charge in [0.05, 0.1) is 22.6 Å². The number of nitro benzene ring substituents is 1. The van der Waals surface area contributed by atoms with Gasteiger partial charge in [-0.05, 0) is 49.2 Å². The lowest BCUT2D eigenvalue weighted by Gasteiger charge is -2.24. The summed E-state index contributed by atoms with van der Waals surface area (Å²) in [6, 6.07) is 9.47. The number of benzene rings is 2. The number of non-ortho nitro benzene ring substituents is 1. The van der Waals surface area contributed by atoms with Crippen LogP contribution in [-0.2, 0) is 19.6 Å². The second kappa shape index (κ2) is 7.52. The highest BCUT2D eigenvalue weighted by Crippen LogP contribution is 2.26. The van der Waals surface area contributed by atoms with E-state index in [1.807, 2.05) is 13.8 Å². The Morgan fingerprint density at radius 3 is 2.23 bits per heavy atom. The van der Waals surface area contributed by atoms with Gasteiger partial charge in [0, 0.05) is 12.1 Å². The molecule has 8 nitrogen and oxygen atoms in total. The van der Waals surface area contributed by atoms with Gasteiger partial charge >= 0.3 is 5.97 Å². The van der Waals surface area contributed by atoms with E-state index in [9.17, 15) is 23.3 Å². The van der Waals surface area contributed by atoms with Crippen molar-refractivity contribution in [1.29, 1.82) is 0 Å². The number of hydrogen-bond acceptors (Lipinski definition) is 6. The van der Waals surface area contributed by atoms with Crippen LogP contribution in [0.3, 0.4) is 0 Å². The first-order valence-electron chi connectivity index (χ1n) is 7.58. The lowest BCUT2D eigenvalue weighted by Crippen LogP contribution is -2.36. The van der Waals surface area contributed by atoms with E-state index in [-0.39, 0.29) is 10.6 Å². The van der Waals surface area contributed by atoms with Crippen molar-refractivity contribution >= 4 is 27.4 Å². The van der Waals surface area contributed by atoms with Crippen LogP contribution in [0.2, 0.25) is 0 Å². The molecule has 0 bridgehead atoms. The standard InChI is InChI=1S/C17H18N2O6S/c1-12-4-5-15(10-13(12)2)18(11-17(20)25-3)26(23,24)16-8-6-14(7-9-16)19(21)22/h4-10H,11H2,1-3H3. The number of nitrogens with zero attached hydrogens (tertiary/aromatic N) is 2. The minimum atomic E-state index is -4.12. The van der Waals surface area contributed by atoms with Gasteiger partial charge < -0.3 is 4.74 Å². The van der Waals surface area contributed by atoms with Crippen LogP contribution in [0.4, 0.5) is 11.4 Å². The minimum Gasteiger partial charge on any atom is -0.468 e. The summed E-state index contributed by atoms with van der Waals surface area (Å²) < 4.78 is 31.5. The van der Waals surface area contributed by atoms with E-state index in [1.54, 1.807) is 18.2 Å².